The molecule has 1 aromatic heterocycles. The van der Waals surface area contributed by atoms with Crippen LogP contribution in [-0.4, -0.2) is 22.4 Å². The van der Waals surface area contributed by atoms with Crippen LogP contribution in [0.25, 0.3) is 11.5 Å². The van der Waals surface area contributed by atoms with Gasteiger partial charge in [-0.15, -0.1) is 10.2 Å². The van der Waals surface area contributed by atoms with E-state index in [1.807, 2.05) is 55.5 Å². The molecule has 3 aromatic rings. The first-order chi connectivity index (χ1) is 11.6. The summed E-state index contributed by atoms with van der Waals surface area (Å²) in [4.78, 5) is 12.1. The maximum Gasteiger partial charge on any atom is 0.284 e. The van der Waals surface area contributed by atoms with Gasteiger partial charge in [0, 0.05) is 23.7 Å². The van der Waals surface area contributed by atoms with Crippen LogP contribution in [0.15, 0.2) is 58.2 Å². The third-order valence-electron chi connectivity index (χ3n) is 3.41. The molecule has 0 amide bonds. The van der Waals surface area contributed by atoms with Crippen LogP contribution in [0.5, 0.6) is 5.75 Å². The Balaban J connectivity index is 1.63. The van der Waals surface area contributed by atoms with Gasteiger partial charge in [0.05, 0.1) is 7.11 Å². The first kappa shape index (κ1) is 16.3. The molecule has 2 aromatic carbocycles. The topological polar surface area (TPSA) is 65.2 Å². The van der Waals surface area contributed by atoms with Gasteiger partial charge in [0.1, 0.15) is 5.75 Å². The van der Waals surface area contributed by atoms with Crippen LogP contribution in [0, 0.1) is 6.92 Å². The Kier molecular flexibility index (Phi) is 4.96. The van der Waals surface area contributed by atoms with Gasteiger partial charge >= 0.3 is 0 Å². The van der Waals surface area contributed by atoms with E-state index in [4.69, 9.17) is 9.15 Å². The van der Waals surface area contributed by atoms with Gasteiger partial charge in [-0.3, -0.25) is 4.79 Å². The molecule has 0 aliphatic carbocycles. The van der Waals surface area contributed by atoms with Gasteiger partial charge in [-0.25, -0.2) is 0 Å². The molecule has 0 saturated carbocycles. The Morgan fingerprint density at radius 2 is 1.79 bits per heavy atom. The summed E-state index contributed by atoms with van der Waals surface area (Å²) < 4.78 is 10.7. The summed E-state index contributed by atoms with van der Waals surface area (Å²) in [5.41, 5.74) is 2.90. The quantitative estimate of drug-likeness (QED) is 0.656. The summed E-state index contributed by atoms with van der Waals surface area (Å²) in [6.07, 6.45) is 0.289. The summed E-state index contributed by atoms with van der Waals surface area (Å²) in [6.45, 7) is 2.01. The largest absolute Gasteiger partial charge is 0.497 e. The fourth-order valence-corrected chi connectivity index (χ4v) is 2.74. The molecule has 0 N–H and O–H groups in total. The molecule has 3 rings (SSSR count). The first-order valence-electron chi connectivity index (χ1n) is 7.38. The van der Waals surface area contributed by atoms with E-state index >= 15 is 0 Å². The second kappa shape index (κ2) is 7.31. The molecule has 0 aliphatic rings. The SMILES string of the molecule is COc1ccc(CC(=O)Sc2nnc(-c3ccc(C)cc3)o2)cc1. The molecule has 0 fully saturated rings. The van der Waals surface area contributed by atoms with Crippen molar-refractivity contribution in [2.75, 3.05) is 7.11 Å². The smallest absolute Gasteiger partial charge is 0.284 e. The predicted octanol–water partition coefficient (Wildman–Crippen LogP) is 3.92. The van der Waals surface area contributed by atoms with Gasteiger partial charge < -0.3 is 9.15 Å². The molecule has 0 unspecified atom stereocenters. The van der Waals surface area contributed by atoms with Crippen molar-refractivity contribution in [1.82, 2.24) is 10.2 Å². The maximum atomic E-state index is 12.1. The number of ether oxygens (including phenoxy) is 1. The van der Waals surface area contributed by atoms with Gasteiger partial charge in [-0.2, -0.15) is 0 Å². The van der Waals surface area contributed by atoms with E-state index in [2.05, 4.69) is 10.2 Å². The Morgan fingerprint density at radius 1 is 1.08 bits per heavy atom. The number of benzene rings is 2. The molecule has 1 heterocycles. The highest BCUT2D eigenvalue weighted by atomic mass is 32.2. The standard InChI is InChI=1S/C18H16N2O3S/c1-12-3-7-14(8-4-12)17-19-20-18(23-17)24-16(21)11-13-5-9-15(22-2)10-6-13/h3-10H,11H2,1-2H3. The zero-order chi connectivity index (χ0) is 16.9. The van der Waals surface area contributed by atoms with Crippen molar-refractivity contribution in [2.24, 2.45) is 0 Å². The third-order valence-corrected chi connectivity index (χ3v) is 4.13. The van der Waals surface area contributed by atoms with E-state index in [-0.39, 0.29) is 16.8 Å². The van der Waals surface area contributed by atoms with Crippen LogP contribution in [0.3, 0.4) is 0 Å². The van der Waals surface area contributed by atoms with Gasteiger partial charge in [0.2, 0.25) is 11.0 Å². The fourth-order valence-electron chi connectivity index (χ4n) is 2.11. The van der Waals surface area contributed by atoms with Crippen LogP contribution >= 0.6 is 11.8 Å². The zero-order valence-corrected chi connectivity index (χ0v) is 14.2. The molecule has 0 spiro atoms. The van der Waals surface area contributed by atoms with Crippen molar-refractivity contribution < 1.29 is 13.9 Å². The second-order valence-electron chi connectivity index (χ2n) is 5.24. The lowest BCUT2D eigenvalue weighted by atomic mass is 10.1. The Bertz CT molecular complexity index is 826. The predicted molar refractivity (Wildman–Crippen MR) is 92.0 cm³/mol. The van der Waals surface area contributed by atoms with Crippen LogP contribution < -0.4 is 4.74 Å². The highest BCUT2D eigenvalue weighted by Crippen LogP contribution is 2.25. The summed E-state index contributed by atoms with van der Waals surface area (Å²) in [5.74, 6) is 1.17. The van der Waals surface area contributed by atoms with E-state index in [1.165, 1.54) is 0 Å². The molecule has 24 heavy (non-hydrogen) atoms. The molecule has 6 heteroatoms. The van der Waals surface area contributed by atoms with E-state index in [0.717, 1.165) is 34.2 Å². The number of rotatable bonds is 5. The average Bonchev–Trinajstić information content (AvgIpc) is 3.04. The van der Waals surface area contributed by atoms with Gasteiger partial charge in [-0.05, 0) is 36.8 Å². The highest BCUT2D eigenvalue weighted by Gasteiger charge is 2.14. The number of thioether (sulfide) groups is 1. The Morgan fingerprint density at radius 3 is 2.46 bits per heavy atom. The molecular weight excluding hydrogens is 324 g/mol. The van der Waals surface area contributed by atoms with E-state index < -0.39 is 0 Å². The van der Waals surface area contributed by atoms with Crippen molar-refractivity contribution >= 4 is 16.9 Å². The summed E-state index contributed by atoms with van der Waals surface area (Å²) in [5, 5.41) is 8.12. The van der Waals surface area contributed by atoms with Crippen molar-refractivity contribution in [2.45, 2.75) is 18.6 Å². The molecule has 0 aliphatic heterocycles. The minimum absolute atomic E-state index is 0.0562. The summed E-state index contributed by atoms with van der Waals surface area (Å²) in [7, 11) is 1.61. The number of methoxy groups -OCH3 is 1. The van der Waals surface area contributed by atoms with E-state index in [1.54, 1.807) is 7.11 Å². The van der Waals surface area contributed by atoms with Crippen molar-refractivity contribution in [3.8, 4) is 17.2 Å². The molecule has 122 valence electrons. The number of hydrogen-bond donors (Lipinski definition) is 0. The molecular formula is C18H16N2O3S. The molecule has 0 bridgehead atoms. The van der Waals surface area contributed by atoms with E-state index in [9.17, 15) is 4.79 Å². The minimum Gasteiger partial charge on any atom is -0.497 e. The molecule has 0 saturated heterocycles. The van der Waals surface area contributed by atoms with Crippen molar-refractivity contribution in [1.29, 1.82) is 0 Å². The maximum absolute atomic E-state index is 12.1. The third kappa shape index (κ3) is 4.02. The van der Waals surface area contributed by atoms with Crippen molar-refractivity contribution in [3.05, 3.63) is 59.7 Å². The number of aromatic nitrogens is 2. The number of aryl methyl sites for hydroxylation is 1. The number of hydrogen-bond acceptors (Lipinski definition) is 6. The zero-order valence-electron chi connectivity index (χ0n) is 13.4. The van der Waals surface area contributed by atoms with Crippen LogP contribution in [0.2, 0.25) is 0 Å². The highest BCUT2D eigenvalue weighted by molar-refractivity contribution is 8.13. The average molecular weight is 340 g/mol. The van der Waals surface area contributed by atoms with Gasteiger partial charge in [0.25, 0.3) is 5.22 Å². The van der Waals surface area contributed by atoms with Gasteiger partial charge in [0.15, 0.2) is 0 Å². The number of carbonyl (C=O) groups is 1. The molecule has 0 atom stereocenters. The Hall–Kier alpha value is -2.60. The monoisotopic (exact) mass is 340 g/mol. The van der Waals surface area contributed by atoms with Crippen LogP contribution in [-0.2, 0) is 11.2 Å². The lowest BCUT2D eigenvalue weighted by Gasteiger charge is -2.01. The van der Waals surface area contributed by atoms with Gasteiger partial charge in [-0.1, -0.05) is 29.8 Å². The lowest BCUT2D eigenvalue weighted by molar-refractivity contribution is -0.110. The summed E-state index contributed by atoms with van der Waals surface area (Å²) >= 11 is 0.957. The minimum atomic E-state index is -0.0562. The number of carbonyl (C=O) groups excluding carboxylic acids is 1. The first-order valence-corrected chi connectivity index (χ1v) is 8.20. The second-order valence-corrected chi connectivity index (χ2v) is 6.25. The summed E-state index contributed by atoms with van der Waals surface area (Å²) in [6, 6.07) is 15.2. The normalized spacial score (nSPS) is 10.6. The lowest BCUT2D eigenvalue weighted by Crippen LogP contribution is -1.97. The van der Waals surface area contributed by atoms with E-state index in [0.29, 0.717) is 5.89 Å². The molecule has 5 nitrogen and oxygen atoms in total. The Labute approximate surface area is 144 Å². The van der Waals surface area contributed by atoms with Crippen LogP contribution in [0.1, 0.15) is 11.1 Å². The fraction of sp³-hybridized carbons (Fsp3) is 0.167. The number of nitrogens with zero attached hydrogens (tertiary/aromatic N) is 2. The van der Waals surface area contributed by atoms with Crippen LogP contribution in [0.4, 0.5) is 0 Å². The van der Waals surface area contributed by atoms with Crippen molar-refractivity contribution in [3.63, 3.8) is 0 Å². The molecule has 0 radical (unpaired) electrons.